The average molecular weight is 394 g/mol. The molecule has 1 atom stereocenters. The van der Waals surface area contributed by atoms with Crippen LogP contribution in [0.15, 0.2) is 30.5 Å². The lowest BCUT2D eigenvalue weighted by Crippen LogP contribution is -2.49. The smallest absolute Gasteiger partial charge is 0.229 e. The van der Waals surface area contributed by atoms with Crippen molar-refractivity contribution in [2.45, 2.75) is 33.2 Å². The van der Waals surface area contributed by atoms with E-state index in [1.54, 1.807) is 0 Å². The van der Waals surface area contributed by atoms with Crippen molar-refractivity contribution in [2.24, 2.45) is 14.1 Å². The molecule has 0 aliphatic carbocycles. The zero-order valence-electron chi connectivity index (χ0n) is 18.1. The third-order valence-corrected chi connectivity index (χ3v) is 6.49. The summed E-state index contributed by atoms with van der Waals surface area (Å²) in [5.74, 6) is 0.102. The number of rotatable bonds is 4. The molecule has 0 bridgehead atoms. The summed E-state index contributed by atoms with van der Waals surface area (Å²) in [5, 5.41) is 5.70. The van der Waals surface area contributed by atoms with E-state index in [0.29, 0.717) is 0 Å². The second-order valence-electron chi connectivity index (χ2n) is 8.31. The van der Waals surface area contributed by atoms with Gasteiger partial charge in [-0.1, -0.05) is 18.2 Å². The lowest BCUT2D eigenvalue weighted by Gasteiger charge is -2.36. The van der Waals surface area contributed by atoms with Gasteiger partial charge in [0.15, 0.2) is 0 Å². The molecule has 1 fully saturated rings. The summed E-state index contributed by atoms with van der Waals surface area (Å²) in [6.45, 7) is 10.5. The number of fused-ring (bicyclic) bond motifs is 1. The van der Waals surface area contributed by atoms with Crippen LogP contribution < -0.4 is 0 Å². The van der Waals surface area contributed by atoms with Crippen LogP contribution in [0.25, 0.3) is 10.9 Å². The van der Waals surface area contributed by atoms with Crippen LogP contribution in [-0.4, -0.2) is 56.2 Å². The van der Waals surface area contributed by atoms with E-state index < -0.39 is 0 Å². The number of benzene rings is 1. The summed E-state index contributed by atoms with van der Waals surface area (Å²) in [6.07, 6.45) is 2.11. The van der Waals surface area contributed by atoms with E-state index in [0.717, 1.165) is 44.0 Å². The third-order valence-electron chi connectivity index (χ3n) is 6.49. The second-order valence-corrected chi connectivity index (χ2v) is 8.31. The molecule has 0 saturated carbocycles. The van der Waals surface area contributed by atoms with Gasteiger partial charge in [-0.2, -0.15) is 5.10 Å². The van der Waals surface area contributed by atoms with Gasteiger partial charge in [0.2, 0.25) is 5.91 Å². The Morgan fingerprint density at radius 1 is 1.10 bits per heavy atom. The molecule has 29 heavy (non-hydrogen) atoms. The molecule has 4 rings (SSSR count). The maximum atomic E-state index is 13.2. The Kier molecular flexibility index (Phi) is 5.21. The second kappa shape index (κ2) is 7.67. The molecule has 0 N–H and O–H groups in total. The lowest BCUT2D eigenvalue weighted by molar-refractivity contribution is -0.134. The van der Waals surface area contributed by atoms with Crippen molar-refractivity contribution in [3.63, 3.8) is 0 Å². The lowest BCUT2D eigenvalue weighted by atomic mass is 9.98. The van der Waals surface area contributed by atoms with Gasteiger partial charge in [0.05, 0.1) is 11.6 Å². The minimum atomic E-state index is -0.129. The molecule has 3 aromatic rings. The van der Waals surface area contributed by atoms with Crippen molar-refractivity contribution in [2.75, 3.05) is 26.2 Å². The number of carbonyl (C=O) groups excluding carboxylic acids is 1. The van der Waals surface area contributed by atoms with Crippen LogP contribution in [-0.2, 0) is 25.4 Å². The topological polar surface area (TPSA) is 46.3 Å². The minimum absolute atomic E-state index is 0.129. The fourth-order valence-electron chi connectivity index (χ4n) is 4.52. The number of carbonyl (C=O) groups is 1. The van der Waals surface area contributed by atoms with Crippen LogP contribution in [0.3, 0.4) is 0 Å². The molecule has 1 unspecified atom stereocenters. The van der Waals surface area contributed by atoms with E-state index in [4.69, 9.17) is 0 Å². The first-order valence-electron chi connectivity index (χ1n) is 10.4. The van der Waals surface area contributed by atoms with E-state index in [1.165, 1.54) is 22.2 Å². The molecule has 1 aromatic carbocycles. The standard InChI is InChI=1S/C23H31N5O/c1-16(20-14-25(4)22-9-7-6-8-19(20)22)23(29)28-12-10-27(11-13-28)15-21-17(2)24-26(5)18(21)3/h6-9,14,16H,10-13,15H2,1-5H3. The summed E-state index contributed by atoms with van der Waals surface area (Å²) in [7, 11) is 4.04. The first kappa shape index (κ1) is 19.7. The number of nitrogens with zero attached hydrogens (tertiary/aromatic N) is 5. The summed E-state index contributed by atoms with van der Waals surface area (Å²) < 4.78 is 4.07. The van der Waals surface area contributed by atoms with Crippen molar-refractivity contribution in [1.82, 2.24) is 24.1 Å². The maximum absolute atomic E-state index is 13.2. The fraction of sp³-hybridized carbons (Fsp3) is 0.478. The van der Waals surface area contributed by atoms with Crippen molar-refractivity contribution in [1.29, 1.82) is 0 Å². The average Bonchev–Trinajstić information content (AvgIpc) is 3.19. The van der Waals surface area contributed by atoms with Gasteiger partial charge >= 0.3 is 0 Å². The number of piperazine rings is 1. The highest BCUT2D eigenvalue weighted by Crippen LogP contribution is 2.29. The van der Waals surface area contributed by atoms with Crippen molar-refractivity contribution in [3.05, 3.63) is 53.0 Å². The Labute approximate surface area is 172 Å². The SMILES string of the molecule is Cc1nn(C)c(C)c1CN1CCN(C(=O)C(C)c2cn(C)c3ccccc23)CC1. The number of hydrogen-bond donors (Lipinski definition) is 0. The van der Waals surface area contributed by atoms with Crippen molar-refractivity contribution >= 4 is 16.8 Å². The molecular weight excluding hydrogens is 362 g/mol. The van der Waals surface area contributed by atoms with Crippen LogP contribution >= 0.6 is 0 Å². The molecular formula is C23H31N5O. The molecule has 1 aliphatic rings. The zero-order chi connectivity index (χ0) is 20.7. The fourth-order valence-corrected chi connectivity index (χ4v) is 4.52. The normalized spacial score (nSPS) is 16.5. The summed E-state index contributed by atoms with van der Waals surface area (Å²) in [6, 6.07) is 8.32. The molecule has 1 amide bonds. The third kappa shape index (κ3) is 3.57. The summed E-state index contributed by atoms with van der Waals surface area (Å²) in [4.78, 5) is 17.7. The molecule has 6 nitrogen and oxygen atoms in total. The highest BCUT2D eigenvalue weighted by atomic mass is 16.2. The summed E-state index contributed by atoms with van der Waals surface area (Å²) >= 11 is 0. The molecule has 6 heteroatoms. The quantitative estimate of drug-likeness (QED) is 0.685. The van der Waals surface area contributed by atoms with Crippen LogP contribution in [0.1, 0.15) is 35.4 Å². The Balaban J connectivity index is 1.42. The molecule has 1 aliphatic heterocycles. The first-order valence-corrected chi connectivity index (χ1v) is 10.4. The number of para-hydroxylation sites is 1. The first-order chi connectivity index (χ1) is 13.9. The van der Waals surface area contributed by atoms with E-state index in [-0.39, 0.29) is 11.8 Å². The number of aromatic nitrogens is 3. The van der Waals surface area contributed by atoms with Crippen molar-refractivity contribution in [3.8, 4) is 0 Å². The Hall–Kier alpha value is -2.60. The Morgan fingerprint density at radius 2 is 1.79 bits per heavy atom. The monoisotopic (exact) mass is 393 g/mol. The Bertz CT molecular complexity index is 1040. The Morgan fingerprint density at radius 3 is 2.45 bits per heavy atom. The van der Waals surface area contributed by atoms with Gasteiger partial charge in [-0.25, -0.2) is 0 Å². The number of aryl methyl sites for hydroxylation is 3. The van der Waals surface area contributed by atoms with Gasteiger partial charge in [-0.15, -0.1) is 0 Å². The van der Waals surface area contributed by atoms with Crippen LogP contribution in [0.2, 0.25) is 0 Å². The number of hydrogen-bond acceptors (Lipinski definition) is 3. The highest BCUT2D eigenvalue weighted by Gasteiger charge is 2.28. The predicted molar refractivity (Wildman–Crippen MR) is 116 cm³/mol. The number of amides is 1. The predicted octanol–water partition coefficient (Wildman–Crippen LogP) is 2.98. The van der Waals surface area contributed by atoms with Gasteiger partial charge in [0, 0.05) is 75.2 Å². The van der Waals surface area contributed by atoms with E-state index in [9.17, 15) is 4.79 Å². The molecule has 1 saturated heterocycles. The largest absolute Gasteiger partial charge is 0.350 e. The molecule has 0 radical (unpaired) electrons. The van der Waals surface area contributed by atoms with Crippen LogP contribution in [0, 0.1) is 13.8 Å². The van der Waals surface area contributed by atoms with Gasteiger partial charge in [0.1, 0.15) is 0 Å². The minimum Gasteiger partial charge on any atom is -0.350 e. The van der Waals surface area contributed by atoms with Gasteiger partial charge in [-0.05, 0) is 32.4 Å². The van der Waals surface area contributed by atoms with Crippen molar-refractivity contribution < 1.29 is 4.79 Å². The van der Waals surface area contributed by atoms with Crippen LogP contribution in [0.5, 0.6) is 0 Å². The molecule has 0 spiro atoms. The van der Waals surface area contributed by atoms with E-state index in [1.807, 2.05) is 42.7 Å². The van der Waals surface area contributed by atoms with Crippen LogP contribution in [0.4, 0.5) is 0 Å². The summed E-state index contributed by atoms with van der Waals surface area (Å²) in [5.41, 5.74) is 5.95. The van der Waals surface area contributed by atoms with E-state index >= 15 is 0 Å². The molecule has 3 heterocycles. The van der Waals surface area contributed by atoms with Gasteiger partial charge in [0.25, 0.3) is 0 Å². The van der Waals surface area contributed by atoms with Gasteiger partial charge in [-0.3, -0.25) is 14.4 Å². The maximum Gasteiger partial charge on any atom is 0.229 e. The van der Waals surface area contributed by atoms with Gasteiger partial charge < -0.3 is 9.47 Å². The molecule has 2 aromatic heterocycles. The zero-order valence-corrected chi connectivity index (χ0v) is 18.1. The molecule has 154 valence electrons. The highest BCUT2D eigenvalue weighted by molar-refractivity contribution is 5.92. The van der Waals surface area contributed by atoms with E-state index in [2.05, 4.69) is 46.7 Å².